The largest absolute Gasteiger partial charge is 0.487 e. The minimum absolute atomic E-state index is 0.0209. The molecule has 6 heteroatoms. The number of aryl methyl sites for hydroxylation is 1. The lowest BCUT2D eigenvalue weighted by Gasteiger charge is -2.36. The van der Waals surface area contributed by atoms with Crippen LogP contribution in [0.2, 0.25) is 0 Å². The van der Waals surface area contributed by atoms with Crippen LogP contribution in [0.4, 0.5) is 0 Å². The van der Waals surface area contributed by atoms with Gasteiger partial charge in [-0.15, -0.1) is 11.3 Å². The first kappa shape index (κ1) is 16.9. The molecular weight excluding hydrogens is 324 g/mol. The molecule has 2 atom stereocenters. The van der Waals surface area contributed by atoms with Crippen molar-refractivity contribution in [3.63, 3.8) is 0 Å². The lowest BCUT2D eigenvalue weighted by molar-refractivity contribution is -0.0387. The Kier molecular flexibility index (Phi) is 5.16. The summed E-state index contributed by atoms with van der Waals surface area (Å²) in [7, 11) is 0. The zero-order chi connectivity index (χ0) is 17.1. The molecule has 1 aromatic heterocycles. The van der Waals surface area contributed by atoms with Crippen LogP contribution >= 0.6 is 11.3 Å². The standard InChI is InChI=1S/C18H22N2O3S/c1-12-9-22-13(2)8-20(12)18(21)15-5-4-6-17(7-15)23-10-16-11-24-14(3)19-16/h4-7,11-13H,8-10H2,1-3H3/t12-,13-/m1/s1. The lowest BCUT2D eigenvalue weighted by atomic mass is 10.1. The Balaban J connectivity index is 1.68. The molecule has 1 fully saturated rings. The Hall–Kier alpha value is -1.92. The number of benzene rings is 1. The van der Waals surface area contributed by atoms with Crippen LogP contribution in [0.5, 0.6) is 5.75 Å². The van der Waals surface area contributed by atoms with E-state index in [0.717, 1.165) is 10.7 Å². The van der Waals surface area contributed by atoms with Crippen LogP contribution < -0.4 is 4.74 Å². The summed E-state index contributed by atoms with van der Waals surface area (Å²) < 4.78 is 11.4. The Labute approximate surface area is 146 Å². The number of hydrogen-bond acceptors (Lipinski definition) is 5. The molecule has 2 heterocycles. The fourth-order valence-corrected chi connectivity index (χ4v) is 3.30. The molecule has 3 rings (SSSR count). The molecule has 0 N–H and O–H groups in total. The van der Waals surface area contributed by atoms with E-state index >= 15 is 0 Å². The van der Waals surface area contributed by atoms with Crippen molar-refractivity contribution < 1.29 is 14.3 Å². The molecule has 2 aromatic rings. The summed E-state index contributed by atoms with van der Waals surface area (Å²) in [5.74, 6) is 0.702. The van der Waals surface area contributed by atoms with Crippen LogP contribution in [0.1, 0.15) is 34.9 Å². The molecule has 24 heavy (non-hydrogen) atoms. The van der Waals surface area contributed by atoms with Crippen LogP contribution in [-0.4, -0.2) is 41.1 Å². The number of morpholine rings is 1. The fourth-order valence-electron chi connectivity index (χ4n) is 2.70. The van der Waals surface area contributed by atoms with Gasteiger partial charge in [0.2, 0.25) is 0 Å². The molecule has 1 aromatic carbocycles. The van der Waals surface area contributed by atoms with Crippen molar-refractivity contribution in [2.75, 3.05) is 13.2 Å². The molecule has 1 saturated heterocycles. The molecule has 0 saturated carbocycles. The van der Waals surface area contributed by atoms with Crippen LogP contribution in [0.3, 0.4) is 0 Å². The lowest BCUT2D eigenvalue weighted by Crippen LogP contribution is -2.50. The van der Waals surface area contributed by atoms with Crippen molar-refractivity contribution in [1.82, 2.24) is 9.88 Å². The fraction of sp³-hybridized carbons (Fsp3) is 0.444. The highest BCUT2D eigenvalue weighted by molar-refractivity contribution is 7.09. The first-order valence-electron chi connectivity index (χ1n) is 8.09. The number of hydrogen-bond donors (Lipinski definition) is 0. The molecule has 0 aliphatic carbocycles. The van der Waals surface area contributed by atoms with Crippen LogP contribution in [0, 0.1) is 6.92 Å². The van der Waals surface area contributed by atoms with Crippen LogP contribution in [-0.2, 0) is 11.3 Å². The van der Waals surface area contributed by atoms with Gasteiger partial charge in [0.05, 0.1) is 29.5 Å². The molecule has 1 aliphatic heterocycles. The molecule has 5 nitrogen and oxygen atoms in total. The quantitative estimate of drug-likeness (QED) is 0.852. The summed E-state index contributed by atoms with van der Waals surface area (Å²) >= 11 is 1.60. The van der Waals surface area contributed by atoms with E-state index in [0.29, 0.717) is 31.1 Å². The number of thiazole rings is 1. The summed E-state index contributed by atoms with van der Waals surface area (Å²) in [6.07, 6.45) is 0.0671. The van der Waals surface area contributed by atoms with E-state index in [1.54, 1.807) is 17.4 Å². The van der Waals surface area contributed by atoms with Crippen molar-refractivity contribution in [1.29, 1.82) is 0 Å². The van der Waals surface area contributed by atoms with E-state index in [4.69, 9.17) is 9.47 Å². The van der Waals surface area contributed by atoms with Crippen molar-refractivity contribution >= 4 is 17.2 Å². The Bertz CT molecular complexity index is 716. The van der Waals surface area contributed by atoms with E-state index in [2.05, 4.69) is 4.98 Å². The maximum absolute atomic E-state index is 12.8. The number of amides is 1. The summed E-state index contributed by atoms with van der Waals surface area (Å²) in [5, 5.41) is 3.01. The third-order valence-corrected chi connectivity index (χ3v) is 4.83. The molecule has 0 bridgehead atoms. The highest BCUT2D eigenvalue weighted by Gasteiger charge is 2.28. The van der Waals surface area contributed by atoms with Gasteiger partial charge in [0.15, 0.2) is 0 Å². The second-order valence-electron chi connectivity index (χ2n) is 6.12. The van der Waals surface area contributed by atoms with E-state index in [1.165, 1.54) is 0 Å². The van der Waals surface area contributed by atoms with Gasteiger partial charge in [-0.3, -0.25) is 4.79 Å². The maximum atomic E-state index is 12.8. The highest BCUT2D eigenvalue weighted by Crippen LogP contribution is 2.20. The second kappa shape index (κ2) is 7.32. The third-order valence-electron chi connectivity index (χ3n) is 4.00. The van der Waals surface area contributed by atoms with E-state index in [-0.39, 0.29) is 18.1 Å². The average Bonchev–Trinajstić information content (AvgIpc) is 3.00. The summed E-state index contributed by atoms with van der Waals surface area (Å²) in [5.41, 5.74) is 1.55. The summed E-state index contributed by atoms with van der Waals surface area (Å²) in [6, 6.07) is 7.42. The van der Waals surface area contributed by atoms with Crippen molar-refractivity contribution in [2.45, 2.75) is 39.5 Å². The number of aromatic nitrogens is 1. The van der Waals surface area contributed by atoms with Gasteiger partial charge in [-0.25, -0.2) is 4.98 Å². The molecule has 128 valence electrons. The predicted octanol–water partition coefficient (Wildman–Crippen LogP) is 3.28. The van der Waals surface area contributed by atoms with Gasteiger partial charge in [0, 0.05) is 17.5 Å². The van der Waals surface area contributed by atoms with Gasteiger partial charge in [-0.05, 0) is 39.0 Å². The normalized spacial score (nSPS) is 20.9. The Morgan fingerprint density at radius 1 is 1.46 bits per heavy atom. The molecule has 1 aliphatic rings. The number of rotatable bonds is 4. The highest BCUT2D eigenvalue weighted by atomic mass is 32.1. The Morgan fingerprint density at radius 2 is 2.29 bits per heavy atom. The minimum atomic E-state index is 0.0209. The van der Waals surface area contributed by atoms with Gasteiger partial charge in [-0.2, -0.15) is 0 Å². The summed E-state index contributed by atoms with van der Waals surface area (Å²) in [6.45, 7) is 7.57. The van der Waals surface area contributed by atoms with E-state index in [1.807, 2.05) is 49.3 Å². The Morgan fingerprint density at radius 3 is 3.04 bits per heavy atom. The summed E-state index contributed by atoms with van der Waals surface area (Å²) in [4.78, 5) is 19.0. The molecule has 0 spiro atoms. The van der Waals surface area contributed by atoms with Crippen molar-refractivity contribution in [3.05, 3.63) is 45.9 Å². The molecule has 0 unspecified atom stereocenters. The van der Waals surface area contributed by atoms with Gasteiger partial charge in [0.1, 0.15) is 12.4 Å². The van der Waals surface area contributed by atoms with Crippen molar-refractivity contribution in [2.24, 2.45) is 0 Å². The first-order valence-corrected chi connectivity index (χ1v) is 8.97. The average molecular weight is 346 g/mol. The van der Waals surface area contributed by atoms with Gasteiger partial charge >= 0.3 is 0 Å². The zero-order valence-corrected chi connectivity index (χ0v) is 15.0. The third kappa shape index (κ3) is 3.94. The monoisotopic (exact) mass is 346 g/mol. The second-order valence-corrected chi connectivity index (χ2v) is 7.19. The van der Waals surface area contributed by atoms with Gasteiger partial charge in [-0.1, -0.05) is 6.07 Å². The molecular formula is C18H22N2O3S. The number of nitrogens with zero attached hydrogens (tertiary/aromatic N) is 2. The minimum Gasteiger partial charge on any atom is -0.487 e. The van der Waals surface area contributed by atoms with Crippen molar-refractivity contribution in [3.8, 4) is 5.75 Å². The van der Waals surface area contributed by atoms with E-state index in [9.17, 15) is 4.79 Å². The smallest absolute Gasteiger partial charge is 0.254 e. The van der Waals surface area contributed by atoms with E-state index < -0.39 is 0 Å². The SMILES string of the molecule is Cc1nc(COc2cccc(C(=O)N3C[C@@H](C)OC[C@H]3C)c2)cs1. The number of carbonyl (C=O) groups excluding carboxylic acids is 1. The number of ether oxygens (including phenoxy) is 2. The van der Waals surface area contributed by atoms with Crippen LogP contribution in [0.25, 0.3) is 0 Å². The van der Waals surface area contributed by atoms with Gasteiger partial charge in [0.25, 0.3) is 5.91 Å². The maximum Gasteiger partial charge on any atom is 0.254 e. The topological polar surface area (TPSA) is 51.7 Å². The van der Waals surface area contributed by atoms with Gasteiger partial charge < -0.3 is 14.4 Å². The number of carbonyl (C=O) groups is 1. The molecule has 1 amide bonds. The first-order chi connectivity index (χ1) is 11.5. The molecule has 0 radical (unpaired) electrons. The zero-order valence-electron chi connectivity index (χ0n) is 14.2. The van der Waals surface area contributed by atoms with Crippen LogP contribution in [0.15, 0.2) is 29.6 Å². The predicted molar refractivity (Wildman–Crippen MR) is 93.5 cm³/mol.